The minimum Gasteiger partial charge on any atom is -0.480 e. The van der Waals surface area contributed by atoms with E-state index in [1.165, 1.54) is 7.05 Å². The molecule has 0 aliphatic carbocycles. The number of sulfonamides is 1. The molecule has 1 aromatic rings. The summed E-state index contributed by atoms with van der Waals surface area (Å²) in [6.07, 6.45) is 0. The van der Waals surface area contributed by atoms with Gasteiger partial charge in [-0.2, -0.15) is 4.31 Å². The molecule has 1 N–H and O–H groups in total. The zero-order valence-electron chi connectivity index (χ0n) is 10.00. The van der Waals surface area contributed by atoms with Gasteiger partial charge < -0.3 is 5.11 Å². The first-order valence-electron chi connectivity index (χ1n) is 5.17. The highest BCUT2D eigenvalue weighted by Gasteiger charge is 2.31. The van der Waals surface area contributed by atoms with Gasteiger partial charge >= 0.3 is 5.97 Å². The van der Waals surface area contributed by atoms with E-state index in [0.29, 0.717) is 0 Å². The summed E-state index contributed by atoms with van der Waals surface area (Å²) in [5, 5.41) is 7.31. The van der Waals surface area contributed by atoms with Crippen molar-refractivity contribution in [3.05, 3.63) is 34.3 Å². The Labute approximate surface area is 115 Å². The molecule has 1 aromatic carbocycles. The molecule has 0 radical (unpaired) electrons. The fourth-order valence-corrected chi connectivity index (χ4v) is 2.72. The second kappa shape index (κ2) is 5.81. The normalized spacial score (nSPS) is 13.6. The van der Waals surface area contributed by atoms with Crippen molar-refractivity contribution in [2.45, 2.75) is 18.7 Å². The molecule has 1 rings (SSSR count). The van der Waals surface area contributed by atoms with Gasteiger partial charge in [-0.15, -0.1) is 0 Å². The maximum absolute atomic E-state index is 11.9. The second-order valence-electron chi connectivity index (χ2n) is 3.91. The van der Waals surface area contributed by atoms with Crippen molar-refractivity contribution in [2.24, 2.45) is 0 Å². The lowest BCUT2D eigenvalue weighted by Crippen LogP contribution is -2.38. The maximum atomic E-state index is 11.9. The van der Waals surface area contributed by atoms with Gasteiger partial charge in [-0.05, 0) is 24.6 Å². The van der Waals surface area contributed by atoms with Gasteiger partial charge in [-0.3, -0.25) is 4.79 Å². The maximum Gasteiger partial charge on any atom is 0.323 e. The number of nitrogens with zero attached hydrogens (tertiary/aromatic N) is 1. The van der Waals surface area contributed by atoms with Gasteiger partial charge in [0.1, 0.15) is 0 Å². The van der Waals surface area contributed by atoms with Crippen LogP contribution in [0.3, 0.4) is 0 Å². The van der Waals surface area contributed by atoms with E-state index in [0.717, 1.165) is 21.3 Å². The summed E-state index contributed by atoms with van der Waals surface area (Å²) in [5.74, 6) is -1.35. The smallest absolute Gasteiger partial charge is 0.323 e. The van der Waals surface area contributed by atoms with E-state index in [1.54, 1.807) is 24.3 Å². The van der Waals surface area contributed by atoms with Crippen molar-refractivity contribution >= 4 is 31.9 Å². The lowest BCUT2D eigenvalue weighted by atomic mass is 10.2. The molecule has 0 amide bonds. The van der Waals surface area contributed by atoms with Crippen LogP contribution in [-0.2, 0) is 21.4 Å². The third kappa shape index (κ3) is 3.54. The van der Waals surface area contributed by atoms with Crippen LogP contribution in [-0.4, -0.2) is 36.1 Å². The molecule has 0 heterocycles. The monoisotopic (exact) mass is 335 g/mol. The van der Waals surface area contributed by atoms with E-state index >= 15 is 0 Å². The second-order valence-corrected chi connectivity index (χ2v) is 7.18. The van der Waals surface area contributed by atoms with E-state index in [9.17, 15) is 13.2 Å². The topological polar surface area (TPSA) is 74.7 Å². The van der Waals surface area contributed by atoms with Crippen LogP contribution < -0.4 is 0 Å². The van der Waals surface area contributed by atoms with Crippen molar-refractivity contribution in [3.8, 4) is 0 Å². The minimum atomic E-state index is -3.82. The zero-order chi connectivity index (χ0) is 13.9. The summed E-state index contributed by atoms with van der Waals surface area (Å²) in [6.45, 7) is 1.31. The Morgan fingerprint density at radius 3 is 2.33 bits per heavy atom. The molecule has 1 unspecified atom stereocenters. The molecule has 0 spiro atoms. The molecule has 18 heavy (non-hydrogen) atoms. The quantitative estimate of drug-likeness (QED) is 0.888. The van der Waals surface area contributed by atoms with Gasteiger partial charge in [-0.1, -0.05) is 28.1 Å². The van der Waals surface area contributed by atoms with Gasteiger partial charge in [0.2, 0.25) is 10.0 Å². The molecule has 0 aromatic heterocycles. The van der Waals surface area contributed by atoms with Crippen LogP contribution in [0.4, 0.5) is 0 Å². The Hall–Kier alpha value is -0.920. The van der Waals surface area contributed by atoms with Crippen LogP contribution in [0.1, 0.15) is 12.5 Å². The highest BCUT2D eigenvalue weighted by molar-refractivity contribution is 9.10. The Morgan fingerprint density at radius 1 is 1.39 bits per heavy atom. The molecule has 0 bridgehead atoms. The molecule has 7 heteroatoms. The van der Waals surface area contributed by atoms with Crippen molar-refractivity contribution in [1.82, 2.24) is 4.31 Å². The number of carboxylic acid groups (broad SMARTS) is 1. The molecule has 0 saturated carbocycles. The number of aliphatic carboxylic acids is 1. The highest BCUT2D eigenvalue weighted by atomic mass is 79.9. The summed E-state index contributed by atoms with van der Waals surface area (Å²) in [4.78, 5) is 10.7. The summed E-state index contributed by atoms with van der Waals surface area (Å²) in [6, 6.07) is 7.16. The lowest BCUT2D eigenvalue weighted by Gasteiger charge is -2.19. The number of hydrogen-bond donors (Lipinski definition) is 1. The van der Waals surface area contributed by atoms with Crippen LogP contribution in [0.2, 0.25) is 0 Å². The van der Waals surface area contributed by atoms with Crippen molar-refractivity contribution < 1.29 is 18.3 Å². The standard InChI is InChI=1S/C11H14BrNO4S/c1-8(11(14)15)18(16,17)13(2)7-9-3-5-10(12)6-4-9/h3-6,8H,7H2,1-2H3,(H,14,15). The first-order chi connectivity index (χ1) is 8.25. The van der Waals surface area contributed by atoms with Crippen LogP contribution >= 0.6 is 15.9 Å². The van der Waals surface area contributed by atoms with Crippen molar-refractivity contribution in [3.63, 3.8) is 0 Å². The molecule has 5 nitrogen and oxygen atoms in total. The highest BCUT2D eigenvalue weighted by Crippen LogP contribution is 2.15. The molecular formula is C11H14BrNO4S. The predicted octanol–water partition coefficient (Wildman–Crippen LogP) is 1.68. The van der Waals surface area contributed by atoms with Crippen LogP contribution in [0.15, 0.2) is 28.7 Å². The van der Waals surface area contributed by atoms with Crippen molar-refractivity contribution in [1.29, 1.82) is 0 Å². The van der Waals surface area contributed by atoms with Gasteiger partial charge in [-0.25, -0.2) is 8.42 Å². The number of carboxylic acids is 1. The molecule has 0 aliphatic heterocycles. The van der Waals surface area contributed by atoms with E-state index in [-0.39, 0.29) is 6.54 Å². The summed E-state index contributed by atoms with van der Waals surface area (Å²) >= 11 is 3.28. The Bertz CT molecular complexity index is 526. The number of benzene rings is 1. The first-order valence-corrected chi connectivity index (χ1v) is 7.47. The summed E-state index contributed by atoms with van der Waals surface area (Å²) < 4.78 is 25.7. The zero-order valence-corrected chi connectivity index (χ0v) is 12.4. The predicted molar refractivity (Wildman–Crippen MR) is 71.6 cm³/mol. The Morgan fingerprint density at radius 2 is 1.89 bits per heavy atom. The van der Waals surface area contributed by atoms with Crippen LogP contribution in [0, 0.1) is 0 Å². The Balaban J connectivity index is 2.85. The average Bonchev–Trinajstić information content (AvgIpc) is 2.30. The van der Waals surface area contributed by atoms with E-state index in [2.05, 4.69) is 15.9 Å². The number of halogens is 1. The molecule has 0 fully saturated rings. The van der Waals surface area contributed by atoms with E-state index in [4.69, 9.17) is 5.11 Å². The van der Waals surface area contributed by atoms with Crippen molar-refractivity contribution in [2.75, 3.05) is 7.05 Å². The molecule has 1 atom stereocenters. The fraction of sp³-hybridized carbons (Fsp3) is 0.364. The SMILES string of the molecule is CC(C(=O)O)S(=O)(=O)N(C)Cc1ccc(Br)cc1. The van der Waals surface area contributed by atoms with Gasteiger partial charge in [0.15, 0.2) is 5.25 Å². The molecular weight excluding hydrogens is 322 g/mol. The minimum absolute atomic E-state index is 0.146. The van der Waals surface area contributed by atoms with Gasteiger partial charge in [0.05, 0.1) is 0 Å². The first kappa shape index (κ1) is 15.1. The molecule has 100 valence electrons. The van der Waals surface area contributed by atoms with Gasteiger partial charge in [0.25, 0.3) is 0 Å². The lowest BCUT2D eigenvalue weighted by molar-refractivity contribution is -0.136. The number of carbonyl (C=O) groups is 1. The fourth-order valence-electron chi connectivity index (χ4n) is 1.33. The largest absolute Gasteiger partial charge is 0.480 e. The number of hydrogen-bond acceptors (Lipinski definition) is 3. The molecule has 0 aliphatic rings. The average molecular weight is 336 g/mol. The van der Waals surface area contributed by atoms with Crippen LogP contribution in [0.25, 0.3) is 0 Å². The third-order valence-electron chi connectivity index (χ3n) is 2.55. The Kier molecular flexibility index (Phi) is 4.89. The summed E-state index contributed by atoms with van der Waals surface area (Å²) in [7, 11) is -2.45. The van der Waals surface area contributed by atoms with E-state index in [1.807, 2.05) is 0 Å². The van der Waals surface area contributed by atoms with E-state index < -0.39 is 21.2 Å². The third-order valence-corrected chi connectivity index (χ3v) is 5.17. The van der Waals surface area contributed by atoms with Gasteiger partial charge in [0, 0.05) is 18.1 Å². The van der Waals surface area contributed by atoms with Crippen LogP contribution in [0.5, 0.6) is 0 Å². The molecule has 0 saturated heterocycles. The number of rotatable bonds is 5. The summed E-state index contributed by atoms with van der Waals surface area (Å²) in [5.41, 5.74) is 0.793.